The Hall–Kier alpha value is -2.76. The van der Waals surface area contributed by atoms with E-state index in [1.54, 1.807) is 26.0 Å². The summed E-state index contributed by atoms with van der Waals surface area (Å²) < 4.78 is 4.96. The Bertz CT molecular complexity index is 749. The number of carbonyl (C=O) groups excluding carboxylic acids is 1. The summed E-state index contributed by atoms with van der Waals surface area (Å²) in [7, 11) is 0. The van der Waals surface area contributed by atoms with E-state index in [-0.39, 0.29) is 30.1 Å². The van der Waals surface area contributed by atoms with Crippen LogP contribution in [0.2, 0.25) is 0 Å². The molecule has 1 heterocycles. The first-order chi connectivity index (χ1) is 10.9. The van der Waals surface area contributed by atoms with Crippen LogP contribution in [0.1, 0.15) is 36.1 Å². The zero-order valence-corrected chi connectivity index (χ0v) is 13.0. The molecule has 2 aromatic rings. The molecule has 1 aromatic carbocycles. The van der Waals surface area contributed by atoms with E-state index in [0.717, 1.165) is 0 Å². The molecule has 0 bridgehead atoms. The number of rotatable bonds is 5. The van der Waals surface area contributed by atoms with Crippen LogP contribution in [0.4, 0.5) is 0 Å². The smallest absolute Gasteiger partial charge is 0.306 e. The molecule has 23 heavy (non-hydrogen) atoms. The van der Waals surface area contributed by atoms with Crippen LogP contribution in [0, 0.1) is 6.92 Å². The van der Waals surface area contributed by atoms with Crippen molar-refractivity contribution in [1.82, 2.24) is 4.98 Å². The van der Waals surface area contributed by atoms with Gasteiger partial charge in [-0.25, -0.2) is 0 Å². The largest absolute Gasteiger partial charge is 0.508 e. The van der Waals surface area contributed by atoms with Gasteiger partial charge in [-0.05, 0) is 37.6 Å². The molecule has 0 fully saturated rings. The van der Waals surface area contributed by atoms with Crippen molar-refractivity contribution in [3.63, 3.8) is 0 Å². The summed E-state index contributed by atoms with van der Waals surface area (Å²) in [5.74, 6) is -1.23. The Kier molecular flexibility index (Phi) is 5.05. The molecule has 0 radical (unpaired) electrons. The van der Waals surface area contributed by atoms with Gasteiger partial charge in [-0.15, -0.1) is 0 Å². The van der Waals surface area contributed by atoms with E-state index < -0.39 is 17.4 Å². The molecular weight excluding hydrogens is 298 g/mol. The second-order valence-corrected chi connectivity index (χ2v) is 5.23. The number of esters is 1. The average molecular weight is 317 g/mol. The van der Waals surface area contributed by atoms with Gasteiger partial charge >= 0.3 is 5.97 Å². The van der Waals surface area contributed by atoms with Gasteiger partial charge in [0.25, 0.3) is 5.56 Å². The normalized spacial score (nSPS) is 11.9. The van der Waals surface area contributed by atoms with Gasteiger partial charge in [-0.3, -0.25) is 9.59 Å². The van der Waals surface area contributed by atoms with Crippen LogP contribution in [0.3, 0.4) is 0 Å². The van der Waals surface area contributed by atoms with Crippen molar-refractivity contribution in [2.45, 2.75) is 26.2 Å². The fraction of sp³-hybridized carbons (Fsp3) is 0.294. The van der Waals surface area contributed by atoms with E-state index in [0.29, 0.717) is 11.3 Å². The molecule has 0 amide bonds. The second-order valence-electron chi connectivity index (χ2n) is 5.23. The minimum absolute atomic E-state index is 0.0747. The average Bonchev–Trinajstić information content (AvgIpc) is 2.46. The third-order valence-electron chi connectivity index (χ3n) is 3.50. The number of hydrogen-bond acceptors (Lipinski definition) is 5. The van der Waals surface area contributed by atoms with Crippen molar-refractivity contribution in [2.75, 3.05) is 6.61 Å². The van der Waals surface area contributed by atoms with Gasteiger partial charge in [0, 0.05) is 11.6 Å². The van der Waals surface area contributed by atoms with Crippen LogP contribution < -0.4 is 5.56 Å². The molecule has 0 aliphatic carbocycles. The number of nitrogens with one attached hydrogen (secondary N) is 1. The summed E-state index contributed by atoms with van der Waals surface area (Å²) >= 11 is 0. The standard InChI is InChI=1S/C17H19NO5/c1-3-23-15(21)9-13(11-4-6-12(19)7-5-11)16-14(20)8-10(2)18-17(16)22/h4-8,13,19H,3,9H2,1-2H3,(H2,18,20,22)/t13-/m1/s1. The molecule has 0 unspecified atom stereocenters. The van der Waals surface area contributed by atoms with Crippen molar-refractivity contribution >= 4 is 5.97 Å². The van der Waals surface area contributed by atoms with Crippen LogP contribution in [0.25, 0.3) is 0 Å². The van der Waals surface area contributed by atoms with Gasteiger partial charge in [-0.2, -0.15) is 0 Å². The molecule has 3 N–H and O–H groups in total. The SMILES string of the molecule is CCOC(=O)C[C@H](c1ccc(O)cc1)c1c(O)cc(C)[nH]c1=O. The van der Waals surface area contributed by atoms with Crippen molar-refractivity contribution in [3.05, 3.63) is 57.5 Å². The zero-order chi connectivity index (χ0) is 17.0. The molecule has 0 aliphatic rings. The Morgan fingerprint density at radius 2 is 1.91 bits per heavy atom. The minimum Gasteiger partial charge on any atom is -0.508 e. The molecule has 2 rings (SSSR count). The number of H-pyrrole nitrogens is 1. The maximum absolute atomic E-state index is 12.3. The number of carbonyl (C=O) groups is 1. The number of aryl methyl sites for hydroxylation is 1. The summed E-state index contributed by atoms with van der Waals surface area (Å²) in [5.41, 5.74) is 0.802. The quantitative estimate of drug-likeness (QED) is 0.734. The molecule has 1 atom stereocenters. The van der Waals surface area contributed by atoms with Gasteiger partial charge in [0.15, 0.2) is 0 Å². The summed E-state index contributed by atoms with van der Waals surface area (Å²) in [6.07, 6.45) is -0.0850. The highest BCUT2D eigenvalue weighted by Crippen LogP contribution is 2.32. The molecule has 0 aliphatic heterocycles. The van der Waals surface area contributed by atoms with Crippen molar-refractivity contribution in [2.24, 2.45) is 0 Å². The lowest BCUT2D eigenvalue weighted by atomic mass is 9.88. The Morgan fingerprint density at radius 1 is 1.26 bits per heavy atom. The number of aromatic nitrogens is 1. The molecule has 6 nitrogen and oxygen atoms in total. The van der Waals surface area contributed by atoms with Gasteiger partial charge in [0.05, 0.1) is 18.6 Å². The highest BCUT2D eigenvalue weighted by atomic mass is 16.5. The lowest BCUT2D eigenvalue weighted by Crippen LogP contribution is -2.21. The first kappa shape index (κ1) is 16.6. The molecule has 6 heteroatoms. The highest BCUT2D eigenvalue weighted by Gasteiger charge is 2.25. The maximum Gasteiger partial charge on any atom is 0.306 e. The number of phenols is 1. The second kappa shape index (κ2) is 7.00. The third-order valence-corrected chi connectivity index (χ3v) is 3.50. The summed E-state index contributed by atoms with van der Waals surface area (Å²) in [5, 5.41) is 19.6. The Morgan fingerprint density at radius 3 is 2.48 bits per heavy atom. The fourth-order valence-corrected chi connectivity index (χ4v) is 2.50. The van der Waals surface area contributed by atoms with E-state index >= 15 is 0 Å². The summed E-state index contributed by atoms with van der Waals surface area (Å²) in [4.78, 5) is 26.8. The number of ether oxygens (including phenoxy) is 1. The van der Waals surface area contributed by atoms with Crippen LogP contribution in [-0.2, 0) is 9.53 Å². The molecule has 0 spiro atoms. The molecule has 1 aromatic heterocycles. The zero-order valence-electron chi connectivity index (χ0n) is 13.0. The Labute approximate surface area is 133 Å². The molecule has 0 saturated heterocycles. The minimum atomic E-state index is -0.668. The van der Waals surface area contributed by atoms with Gasteiger partial charge in [0.1, 0.15) is 11.5 Å². The number of phenolic OH excluding ortho intramolecular Hbond substituents is 1. The van der Waals surface area contributed by atoms with E-state index in [1.807, 2.05) is 0 Å². The monoisotopic (exact) mass is 317 g/mol. The molecular formula is C17H19NO5. The topological polar surface area (TPSA) is 99.6 Å². The third kappa shape index (κ3) is 3.91. The predicted molar refractivity (Wildman–Crippen MR) is 84.7 cm³/mol. The number of pyridine rings is 1. The summed E-state index contributed by atoms with van der Waals surface area (Å²) in [6.45, 7) is 3.59. The lowest BCUT2D eigenvalue weighted by molar-refractivity contribution is -0.143. The fourth-order valence-electron chi connectivity index (χ4n) is 2.50. The number of aromatic hydroxyl groups is 2. The van der Waals surface area contributed by atoms with Crippen LogP contribution in [0.5, 0.6) is 11.5 Å². The van der Waals surface area contributed by atoms with Crippen LogP contribution in [0.15, 0.2) is 35.1 Å². The van der Waals surface area contributed by atoms with E-state index in [9.17, 15) is 19.8 Å². The molecule has 0 saturated carbocycles. The van der Waals surface area contributed by atoms with Gasteiger partial charge in [-0.1, -0.05) is 12.1 Å². The van der Waals surface area contributed by atoms with Crippen molar-refractivity contribution in [3.8, 4) is 11.5 Å². The highest BCUT2D eigenvalue weighted by molar-refractivity contribution is 5.71. The molecule has 122 valence electrons. The Balaban J connectivity index is 2.51. The van der Waals surface area contributed by atoms with Crippen molar-refractivity contribution < 1.29 is 19.7 Å². The van der Waals surface area contributed by atoms with E-state index in [1.165, 1.54) is 18.2 Å². The van der Waals surface area contributed by atoms with E-state index in [4.69, 9.17) is 4.74 Å². The van der Waals surface area contributed by atoms with E-state index in [2.05, 4.69) is 4.98 Å². The first-order valence-electron chi connectivity index (χ1n) is 7.29. The first-order valence-corrected chi connectivity index (χ1v) is 7.29. The number of aromatic amines is 1. The van der Waals surface area contributed by atoms with Crippen LogP contribution in [-0.4, -0.2) is 27.8 Å². The number of benzene rings is 1. The van der Waals surface area contributed by atoms with Gasteiger partial charge in [0.2, 0.25) is 0 Å². The number of hydrogen-bond donors (Lipinski definition) is 3. The summed E-state index contributed by atoms with van der Waals surface area (Å²) in [6, 6.07) is 7.59. The van der Waals surface area contributed by atoms with Crippen LogP contribution >= 0.6 is 0 Å². The van der Waals surface area contributed by atoms with Gasteiger partial charge < -0.3 is 19.9 Å². The van der Waals surface area contributed by atoms with Crippen molar-refractivity contribution in [1.29, 1.82) is 0 Å². The maximum atomic E-state index is 12.3. The lowest BCUT2D eigenvalue weighted by Gasteiger charge is -2.18. The predicted octanol–water partition coefficient (Wildman–Crippen LogP) is 2.18.